The lowest BCUT2D eigenvalue weighted by atomic mass is 9.95. The van der Waals surface area contributed by atoms with Crippen LogP contribution >= 0.6 is 0 Å². The van der Waals surface area contributed by atoms with E-state index in [0.717, 1.165) is 6.07 Å². The number of aliphatic hydroxyl groups is 1. The van der Waals surface area contributed by atoms with Crippen molar-refractivity contribution < 1.29 is 29.1 Å². The smallest absolute Gasteiger partial charge is 0.300 e. The first kappa shape index (κ1) is 24.5. The van der Waals surface area contributed by atoms with Crippen LogP contribution in [-0.2, 0) is 9.59 Å². The van der Waals surface area contributed by atoms with Gasteiger partial charge in [-0.15, -0.1) is 0 Å². The number of methoxy groups -OCH3 is 1. The molecule has 0 bridgehead atoms. The van der Waals surface area contributed by atoms with Crippen LogP contribution in [0.5, 0.6) is 11.5 Å². The summed E-state index contributed by atoms with van der Waals surface area (Å²) in [7, 11) is 1.49. The highest BCUT2D eigenvalue weighted by atomic mass is 16.6. The molecule has 1 atom stereocenters. The quantitative estimate of drug-likeness (QED) is 0.163. The molecule has 1 aliphatic heterocycles. The van der Waals surface area contributed by atoms with Crippen molar-refractivity contribution in [2.24, 2.45) is 0 Å². The average molecular weight is 488 g/mol. The summed E-state index contributed by atoms with van der Waals surface area (Å²) in [5.41, 5.74) is 0.549. The van der Waals surface area contributed by atoms with Gasteiger partial charge in [0.15, 0.2) is 0 Å². The molecule has 36 heavy (non-hydrogen) atoms. The predicted molar refractivity (Wildman–Crippen MR) is 133 cm³/mol. The predicted octanol–water partition coefficient (Wildman–Crippen LogP) is 5.02. The van der Waals surface area contributed by atoms with E-state index in [1.807, 2.05) is 13.8 Å². The number of nitrogens with zero attached hydrogens (tertiary/aromatic N) is 2. The molecule has 3 aromatic carbocycles. The van der Waals surface area contributed by atoms with Crippen molar-refractivity contribution in [1.29, 1.82) is 0 Å². The number of carbonyl (C=O) groups is 2. The average Bonchev–Trinajstić information content (AvgIpc) is 3.14. The second-order valence-corrected chi connectivity index (χ2v) is 8.41. The van der Waals surface area contributed by atoms with Gasteiger partial charge in [0.1, 0.15) is 17.3 Å². The first-order chi connectivity index (χ1) is 17.2. The summed E-state index contributed by atoms with van der Waals surface area (Å²) in [4.78, 5) is 38.5. The number of benzene rings is 3. The van der Waals surface area contributed by atoms with Crippen molar-refractivity contribution in [2.75, 3.05) is 12.0 Å². The Bertz CT molecular complexity index is 1360. The van der Waals surface area contributed by atoms with Gasteiger partial charge >= 0.3 is 0 Å². The molecular formula is C27H24N2O7. The number of anilines is 1. The molecular weight excluding hydrogens is 464 g/mol. The van der Waals surface area contributed by atoms with E-state index in [1.165, 1.54) is 30.2 Å². The highest BCUT2D eigenvalue weighted by molar-refractivity contribution is 6.51. The Morgan fingerprint density at radius 2 is 1.69 bits per heavy atom. The molecule has 9 nitrogen and oxygen atoms in total. The molecule has 0 spiro atoms. The van der Waals surface area contributed by atoms with Crippen LogP contribution in [0.25, 0.3) is 5.76 Å². The summed E-state index contributed by atoms with van der Waals surface area (Å²) in [6.07, 6.45) is -0.0489. The van der Waals surface area contributed by atoms with Gasteiger partial charge in [-0.05, 0) is 43.7 Å². The van der Waals surface area contributed by atoms with Crippen LogP contribution in [0.1, 0.15) is 31.0 Å². The highest BCUT2D eigenvalue weighted by Crippen LogP contribution is 2.43. The Morgan fingerprint density at radius 3 is 2.33 bits per heavy atom. The van der Waals surface area contributed by atoms with Crippen LogP contribution in [0, 0.1) is 10.1 Å². The molecule has 0 aromatic heterocycles. The van der Waals surface area contributed by atoms with Crippen LogP contribution < -0.4 is 14.4 Å². The third-order valence-electron chi connectivity index (χ3n) is 5.67. The number of nitro benzene ring substituents is 1. The second-order valence-electron chi connectivity index (χ2n) is 8.41. The maximum Gasteiger partial charge on any atom is 0.300 e. The molecule has 3 aromatic rings. The van der Waals surface area contributed by atoms with E-state index in [9.17, 15) is 24.8 Å². The molecule has 1 N–H and O–H groups in total. The summed E-state index contributed by atoms with van der Waals surface area (Å²) < 4.78 is 11.0. The Labute approximate surface area is 207 Å². The number of non-ortho nitro benzene ring substituents is 1. The maximum absolute atomic E-state index is 13.3. The van der Waals surface area contributed by atoms with E-state index in [4.69, 9.17) is 9.47 Å². The maximum atomic E-state index is 13.3. The van der Waals surface area contributed by atoms with Crippen LogP contribution in [0.2, 0.25) is 0 Å². The monoisotopic (exact) mass is 488 g/mol. The molecule has 0 aliphatic carbocycles. The van der Waals surface area contributed by atoms with Gasteiger partial charge < -0.3 is 14.6 Å². The number of rotatable bonds is 7. The highest BCUT2D eigenvalue weighted by Gasteiger charge is 2.47. The molecule has 1 aliphatic rings. The van der Waals surface area contributed by atoms with Crippen molar-refractivity contribution in [2.45, 2.75) is 26.0 Å². The zero-order chi connectivity index (χ0) is 26.0. The van der Waals surface area contributed by atoms with Crippen LogP contribution in [0.3, 0.4) is 0 Å². The third-order valence-corrected chi connectivity index (χ3v) is 5.67. The lowest BCUT2D eigenvalue weighted by molar-refractivity contribution is -0.384. The summed E-state index contributed by atoms with van der Waals surface area (Å²) in [5.74, 6) is -1.18. The van der Waals surface area contributed by atoms with E-state index in [0.29, 0.717) is 22.7 Å². The summed E-state index contributed by atoms with van der Waals surface area (Å²) in [5, 5.41) is 22.5. The molecule has 4 rings (SSSR count). The zero-order valence-corrected chi connectivity index (χ0v) is 19.9. The number of ketones is 1. The summed E-state index contributed by atoms with van der Waals surface area (Å²) >= 11 is 0. The van der Waals surface area contributed by atoms with Crippen molar-refractivity contribution >= 4 is 28.8 Å². The van der Waals surface area contributed by atoms with Crippen molar-refractivity contribution in [3.63, 3.8) is 0 Å². The molecule has 1 unspecified atom stereocenters. The minimum absolute atomic E-state index is 0.0489. The fraction of sp³-hybridized carbons (Fsp3) is 0.185. The summed E-state index contributed by atoms with van der Waals surface area (Å²) in [6, 6.07) is 17.8. The topological polar surface area (TPSA) is 119 Å². The third kappa shape index (κ3) is 4.63. The van der Waals surface area contributed by atoms with E-state index >= 15 is 0 Å². The molecule has 1 fully saturated rings. The lowest BCUT2D eigenvalue weighted by Crippen LogP contribution is -2.29. The van der Waals surface area contributed by atoms with Gasteiger partial charge in [-0.3, -0.25) is 24.6 Å². The van der Waals surface area contributed by atoms with Crippen molar-refractivity contribution in [3.8, 4) is 11.5 Å². The van der Waals surface area contributed by atoms with Crippen LogP contribution in [0.15, 0.2) is 78.4 Å². The second kappa shape index (κ2) is 9.91. The first-order valence-electron chi connectivity index (χ1n) is 11.2. The fourth-order valence-corrected chi connectivity index (χ4v) is 4.10. The van der Waals surface area contributed by atoms with Gasteiger partial charge in [0.2, 0.25) is 0 Å². The van der Waals surface area contributed by atoms with E-state index in [2.05, 4.69) is 0 Å². The number of Topliss-reactive ketones (excluding diaryl/α,β-unsaturated/α-hetero) is 1. The SMILES string of the molecule is COc1cccc(N2C(=O)C(=O)/C(=C(\O)c3cccc([N+](=O)[O-])c3)C2c2ccc(OC(C)C)cc2)c1. The molecule has 1 saturated heterocycles. The van der Waals surface area contributed by atoms with Crippen molar-refractivity contribution in [3.05, 3.63) is 99.6 Å². The van der Waals surface area contributed by atoms with E-state index in [1.54, 1.807) is 48.5 Å². The van der Waals surface area contributed by atoms with Gasteiger partial charge in [0.05, 0.1) is 29.8 Å². The standard InChI is InChI=1S/C27H24N2O7/c1-16(2)36-21-12-10-17(11-13-21)24-23(25(30)18-6-4-8-20(14-18)29(33)34)26(31)27(32)28(24)19-7-5-9-22(15-19)35-3/h4-16,24,30H,1-3H3/b25-23-. The van der Waals surface area contributed by atoms with Crippen molar-refractivity contribution in [1.82, 2.24) is 0 Å². The number of amides is 1. The Hall–Kier alpha value is -4.66. The fourth-order valence-electron chi connectivity index (χ4n) is 4.10. The number of aliphatic hydroxyl groups excluding tert-OH is 1. The number of hydrogen-bond donors (Lipinski definition) is 1. The molecule has 0 saturated carbocycles. The molecule has 9 heteroatoms. The molecule has 1 heterocycles. The minimum Gasteiger partial charge on any atom is -0.507 e. The number of ether oxygens (including phenoxy) is 2. The lowest BCUT2D eigenvalue weighted by Gasteiger charge is -2.26. The first-order valence-corrected chi connectivity index (χ1v) is 11.2. The largest absolute Gasteiger partial charge is 0.507 e. The number of nitro groups is 1. The Morgan fingerprint density at radius 1 is 1.00 bits per heavy atom. The Kier molecular flexibility index (Phi) is 6.73. The molecule has 1 amide bonds. The van der Waals surface area contributed by atoms with E-state index < -0.39 is 28.4 Å². The van der Waals surface area contributed by atoms with E-state index in [-0.39, 0.29) is 22.9 Å². The van der Waals surface area contributed by atoms with Gasteiger partial charge in [-0.25, -0.2) is 0 Å². The van der Waals surface area contributed by atoms with Gasteiger partial charge in [-0.1, -0.05) is 30.3 Å². The van der Waals surface area contributed by atoms with Crippen LogP contribution in [-0.4, -0.2) is 34.9 Å². The number of carbonyl (C=O) groups excluding carboxylic acids is 2. The minimum atomic E-state index is -0.996. The zero-order valence-electron chi connectivity index (χ0n) is 19.9. The number of hydrogen-bond acceptors (Lipinski definition) is 7. The molecule has 0 radical (unpaired) electrons. The Balaban J connectivity index is 1.91. The van der Waals surface area contributed by atoms with Gasteiger partial charge in [-0.2, -0.15) is 0 Å². The van der Waals surface area contributed by atoms with Crippen LogP contribution in [0.4, 0.5) is 11.4 Å². The summed E-state index contributed by atoms with van der Waals surface area (Å²) in [6.45, 7) is 3.79. The normalized spacial score (nSPS) is 16.9. The van der Waals surface area contributed by atoms with Gasteiger partial charge in [0, 0.05) is 29.4 Å². The van der Waals surface area contributed by atoms with Gasteiger partial charge in [0.25, 0.3) is 17.4 Å². The molecule has 184 valence electrons.